The lowest BCUT2D eigenvalue weighted by molar-refractivity contribution is 0.629. The molecule has 19 heavy (non-hydrogen) atoms. The zero-order valence-corrected chi connectivity index (χ0v) is 10.2. The third kappa shape index (κ3) is 2.70. The Hall–Kier alpha value is -2.43. The molecule has 0 radical (unpaired) electrons. The molecular weight excluding hydrogens is 243 g/mol. The molecule has 0 saturated heterocycles. The lowest BCUT2D eigenvalue weighted by Crippen LogP contribution is -2.06. The minimum absolute atomic E-state index is 0.255. The van der Waals surface area contributed by atoms with Gasteiger partial charge in [-0.25, -0.2) is 14.4 Å². The molecule has 0 aliphatic rings. The quantitative estimate of drug-likeness (QED) is 0.754. The van der Waals surface area contributed by atoms with Crippen molar-refractivity contribution in [2.24, 2.45) is 0 Å². The number of halogens is 1. The van der Waals surface area contributed by atoms with Gasteiger partial charge in [0.15, 0.2) is 0 Å². The van der Waals surface area contributed by atoms with Gasteiger partial charge in [-0.15, -0.1) is 0 Å². The number of aromatic amines is 1. The zero-order chi connectivity index (χ0) is 13.1. The van der Waals surface area contributed by atoms with Crippen molar-refractivity contribution < 1.29 is 4.39 Å². The second-order valence-electron chi connectivity index (χ2n) is 4.24. The largest absolute Gasteiger partial charge is 0.370 e. The predicted octanol–water partition coefficient (Wildman–Crippen LogP) is 2.75. The van der Waals surface area contributed by atoms with Gasteiger partial charge < -0.3 is 10.3 Å². The fraction of sp³-hybridized carbons (Fsp3) is 0.143. The Morgan fingerprint density at radius 2 is 2.16 bits per heavy atom. The van der Waals surface area contributed by atoms with Crippen molar-refractivity contribution in [3.8, 4) is 0 Å². The van der Waals surface area contributed by atoms with E-state index >= 15 is 0 Å². The second-order valence-corrected chi connectivity index (χ2v) is 4.24. The van der Waals surface area contributed by atoms with E-state index in [0.717, 1.165) is 35.6 Å². The Balaban J connectivity index is 1.65. The Labute approximate surface area is 109 Å². The number of hydrogen-bond acceptors (Lipinski definition) is 3. The second kappa shape index (κ2) is 5.06. The van der Waals surface area contributed by atoms with E-state index in [-0.39, 0.29) is 5.82 Å². The Morgan fingerprint density at radius 1 is 1.21 bits per heavy atom. The first-order chi connectivity index (χ1) is 9.31. The highest BCUT2D eigenvalue weighted by atomic mass is 19.1. The Morgan fingerprint density at radius 3 is 3.00 bits per heavy atom. The van der Waals surface area contributed by atoms with E-state index in [1.54, 1.807) is 12.3 Å². The lowest BCUT2D eigenvalue weighted by Gasteiger charge is -2.02. The number of nitrogens with zero attached hydrogens (tertiary/aromatic N) is 2. The number of rotatable bonds is 4. The summed E-state index contributed by atoms with van der Waals surface area (Å²) in [5, 5.41) is 3.20. The fourth-order valence-corrected chi connectivity index (χ4v) is 1.93. The van der Waals surface area contributed by atoms with Crippen molar-refractivity contribution in [2.75, 3.05) is 11.9 Å². The maximum atomic E-state index is 13.1. The smallest absolute Gasteiger partial charge is 0.125 e. The van der Waals surface area contributed by atoms with Gasteiger partial charge in [-0.2, -0.15) is 0 Å². The van der Waals surface area contributed by atoms with Crippen LogP contribution in [0, 0.1) is 5.82 Å². The first-order valence-electron chi connectivity index (χ1n) is 6.10. The normalized spacial score (nSPS) is 10.8. The van der Waals surface area contributed by atoms with Gasteiger partial charge in [0.1, 0.15) is 17.5 Å². The number of anilines is 1. The number of benzene rings is 1. The number of H-pyrrole nitrogens is 1. The summed E-state index contributed by atoms with van der Waals surface area (Å²) in [6.07, 6.45) is 2.47. The van der Waals surface area contributed by atoms with Gasteiger partial charge in [0.25, 0.3) is 0 Å². The lowest BCUT2D eigenvalue weighted by atomic mass is 10.3. The van der Waals surface area contributed by atoms with Crippen LogP contribution >= 0.6 is 0 Å². The number of fused-ring (bicyclic) bond motifs is 1. The summed E-state index contributed by atoms with van der Waals surface area (Å²) in [4.78, 5) is 11.7. The molecule has 2 aromatic heterocycles. The van der Waals surface area contributed by atoms with Crippen molar-refractivity contribution >= 4 is 16.9 Å². The average Bonchev–Trinajstić information content (AvgIpc) is 2.82. The summed E-state index contributed by atoms with van der Waals surface area (Å²) < 4.78 is 13.1. The van der Waals surface area contributed by atoms with E-state index in [4.69, 9.17) is 0 Å². The van der Waals surface area contributed by atoms with E-state index in [1.165, 1.54) is 12.1 Å². The van der Waals surface area contributed by atoms with Crippen LogP contribution in [0.4, 0.5) is 10.2 Å². The van der Waals surface area contributed by atoms with E-state index in [0.29, 0.717) is 0 Å². The molecule has 3 rings (SSSR count). The van der Waals surface area contributed by atoms with Gasteiger partial charge in [0.2, 0.25) is 0 Å². The summed E-state index contributed by atoms with van der Waals surface area (Å²) in [6.45, 7) is 0.722. The van der Waals surface area contributed by atoms with Crippen LogP contribution in [-0.4, -0.2) is 21.5 Å². The maximum absolute atomic E-state index is 13.1. The van der Waals surface area contributed by atoms with Gasteiger partial charge >= 0.3 is 0 Å². The van der Waals surface area contributed by atoms with Crippen LogP contribution in [0.15, 0.2) is 42.6 Å². The molecule has 5 heteroatoms. The minimum Gasteiger partial charge on any atom is -0.370 e. The summed E-state index contributed by atoms with van der Waals surface area (Å²) in [5.74, 6) is 1.42. The number of aromatic nitrogens is 3. The van der Waals surface area contributed by atoms with Crippen LogP contribution in [-0.2, 0) is 6.42 Å². The molecule has 2 N–H and O–H groups in total. The monoisotopic (exact) mass is 256 g/mol. The van der Waals surface area contributed by atoms with Crippen molar-refractivity contribution in [1.29, 1.82) is 0 Å². The molecule has 0 bridgehead atoms. The average molecular weight is 256 g/mol. The van der Waals surface area contributed by atoms with Gasteiger partial charge in [0, 0.05) is 19.2 Å². The summed E-state index contributed by atoms with van der Waals surface area (Å²) in [5.41, 5.74) is 1.52. The molecule has 1 aromatic carbocycles. The predicted molar refractivity (Wildman–Crippen MR) is 72.5 cm³/mol. The Bertz CT molecular complexity index is 678. The minimum atomic E-state index is -0.255. The highest BCUT2D eigenvalue weighted by Crippen LogP contribution is 2.13. The summed E-state index contributed by atoms with van der Waals surface area (Å²) >= 11 is 0. The fourth-order valence-electron chi connectivity index (χ4n) is 1.93. The number of pyridine rings is 1. The first-order valence-corrected chi connectivity index (χ1v) is 6.10. The SMILES string of the molecule is Fc1ccc2nc(CCNc3ccccn3)[nH]c2c1. The zero-order valence-electron chi connectivity index (χ0n) is 10.2. The molecule has 0 fully saturated rings. The first kappa shape index (κ1) is 11.6. The standard InChI is InChI=1S/C14H13FN4/c15-10-4-5-11-12(9-10)19-14(18-11)6-8-17-13-3-1-2-7-16-13/h1-5,7,9H,6,8H2,(H,16,17)(H,18,19). The molecule has 0 aliphatic heterocycles. The molecule has 0 unspecified atom stereocenters. The number of hydrogen-bond donors (Lipinski definition) is 2. The molecule has 2 heterocycles. The third-order valence-electron chi connectivity index (χ3n) is 2.83. The van der Waals surface area contributed by atoms with E-state index in [1.807, 2.05) is 18.2 Å². The van der Waals surface area contributed by atoms with Crippen LogP contribution in [0.25, 0.3) is 11.0 Å². The number of nitrogens with one attached hydrogen (secondary N) is 2. The molecule has 3 aromatic rings. The van der Waals surface area contributed by atoms with Crippen molar-refractivity contribution in [2.45, 2.75) is 6.42 Å². The van der Waals surface area contributed by atoms with E-state index < -0.39 is 0 Å². The molecule has 0 spiro atoms. The number of imidazole rings is 1. The van der Waals surface area contributed by atoms with E-state index in [2.05, 4.69) is 20.3 Å². The topological polar surface area (TPSA) is 53.6 Å². The highest BCUT2D eigenvalue weighted by Gasteiger charge is 2.03. The van der Waals surface area contributed by atoms with Crippen LogP contribution < -0.4 is 5.32 Å². The van der Waals surface area contributed by atoms with Gasteiger partial charge in [-0.1, -0.05) is 6.07 Å². The summed E-state index contributed by atoms with van der Waals surface area (Å²) in [6, 6.07) is 10.3. The van der Waals surface area contributed by atoms with Gasteiger partial charge in [0.05, 0.1) is 11.0 Å². The Kier molecular flexibility index (Phi) is 3.10. The van der Waals surface area contributed by atoms with Crippen LogP contribution in [0.5, 0.6) is 0 Å². The van der Waals surface area contributed by atoms with Crippen LogP contribution in [0.3, 0.4) is 0 Å². The molecular formula is C14H13FN4. The molecule has 0 aliphatic carbocycles. The van der Waals surface area contributed by atoms with Crippen molar-refractivity contribution in [3.05, 3.63) is 54.2 Å². The summed E-state index contributed by atoms with van der Waals surface area (Å²) in [7, 11) is 0. The van der Waals surface area contributed by atoms with Crippen LogP contribution in [0.1, 0.15) is 5.82 Å². The molecule has 0 atom stereocenters. The van der Waals surface area contributed by atoms with Crippen molar-refractivity contribution in [1.82, 2.24) is 15.0 Å². The molecule has 0 saturated carbocycles. The van der Waals surface area contributed by atoms with Crippen LogP contribution in [0.2, 0.25) is 0 Å². The third-order valence-corrected chi connectivity index (χ3v) is 2.83. The maximum Gasteiger partial charge on any atom is 0.125 e. The highest BCUT2D eigenvalue weighted by molar-refractivity contribution is 5.74. The molecule has 0 amide bonds. The van der Waals surface area contributed by atoms with Gasteiger partial charge in [-0.05, 0) is 30.3 Å². The van der Waals surface area contributed by atoms with Crippen molar-refractivity contribution in [3.63, 3.8) is 0 Å². The van der Waals surface area contributed by atoms with E-state index in [9.17, 15) is 4.39 Å². The molecule has 96 valence electrons. The molecule has 4 nitrogen and oxygen atoms in total. The van der Waals surface area contributed by atoms with Gasteiger partial charge in [-0.3, -0.25) is 0 Å².